The van der Waals surface area contributed by atoms with E-state index in [1.165, 1.54) is 23.1 Å². The van der Waals surface area contributed by atoms with Crippen molar-refractivity contribution in [2.24, 2.45) is 0 Å². The van der Waals surface area contributed by atoms with E-state index in [4.69, 9.17) is 0 Å². The maximum atomic E-state index is 13.0. The Morgan fingerprint density at radius 1 is 1.23 bits per heavy atom. The van der Waals surface area contributed by atoms with Gasteiger partial charge < -0.3 is 15.3 Å². The molecule has 0 bridgehead atoms. The molecule has 164 valence electrons. The number of carbonyl (C=O) groups is 1. The van der Waals surface area contributed by atoms with Crippen LogP contribution in [-0.2, 0) is 18.3 Å². The number of pyridine rings is 1. The molecule has 2 heterocycles. The number of nitrogens with one attached hydrogen (secondary N) is 1. The van der Waals surface area contributed by atoms with Crippen molar-refractivity contribution in [2.45, 2.75) is 56.0 Å². The lowest BCUT2D eigenvalue weighted by molar-refractivity contribution is -0.0869. The summed E-state index contributed by atoms with van der Waals surface area (Å²) < 4.78 is 0. The fraction of sp³-hybridized carbons (Fsp3) is 0.520. The van der Waals surface area contributed by atoms with E-state index in [9.17, 15) is 9.90 Å². The highest BCUT2D eigenvalue weighted by Crippen LogP contribution is 2.55. The Labute approximate surface area is 184 Å². The molecule has 6 heteroatoms. The molecule has 0 saturated heterocycles. The summed E-state index contributed by atoms with van der Waals surface area (Å²) in [6.07, 6.45) is 10.3. The lowest BCUT2D eigenvalue weighted by Crippen LogP contribution is -2.63. The number of aliphatic hydroxyl groups is 1. The normalized spacial score (nSPS) is 23.8. The second kappa shape index (κ2) is 7.61. The molecular weight excluding hydrogens is 388 g/mol. The van der Waals surface area contributed by atoms with Gasteiger partial charge in [0.1, 0.15) is 0 Å². The van der Waals surface area contributed by atoms with Gasteiger partial charge in [-0.3, -0.25) is 9.88 Å². The SMILES string of the molecule is CN(C)CC1(C2(O)CCCCC2)Cc2cc3c(cc21)N(C(=O)Nc1cccnc1)CC3. The van der Waals surface area contributed by atoms with Gasteiger partial charge >= 0.3 is 6.03 Å². The summed E-state index contributed by atoms with van der Waals surface area (Å²) in [5, 5.41) is 14.8. The van der Waals surface area contributed by atoms with Gasteiger partial charge in [0.15, 0.2) is 0 Å². The smallest absolute Gasteiger partial charge is 0.326 e. The molecule has 6 nitrogen and oxygen atoms in total. The Morgan fingerprint density at radius 3 is 2.74 bits per heavy atom. The Kier molecular flexibility index (Phi) is 5.02. The van der Waals surface area contributed by atoms with Gasteiger partial charge in [0, 0.05) is 30.4 Å². The Morgan fingerprint density at radius 2 is 2.03 bits per heavy atom. The first-order valence-electron chi connectivity index (χ1n) is 11.4. The Bertz CT molecular complexity index is 985. The molecule has 1 unspecified atom stereocenters. The van der Waals surface area contributed by atoms with Crippen LogP contribution in [-0.4, -0.2) is 53.8 Å². The first-order valence-corrected chi connectivity index (χ1v) is 11.4. The number of amides is 2. The fourth-order valence-corrected chi connectivity index (χ4v) is 6.09. The monoisotopic (exact) mass is 420 g/mol. The summed E-state index contributed by atoms with van der Waals surface area (Å²) in [6.45, 7) is 1.51. The third kappa shape index (κ3) is 3.33. The first-order chi connectivity index (χ1) is 14.9. The maximum Gasteiger partial charge on any atom is 0.326 e. The number of nitrogens with zero attached hydrogens (tertiary/aromatic N) is 3. The van der Waals surface area contributed by atoms with Crippen LogP contribution in [0.25, 0.3) is 0 Å². The number of anilines is 2. The van der Waals surface area contributed by atoms with E-state index in [1.54, 1.807) is 12.4 Å². The number of urea groups is 1. The minimum absolute atomic E-state index is 0.124. The molecule has 0 radical (unpaired) electrons. The lowest BCUT2D eigenvalue weighted by Gasteiger charge is -2.57. The zero-order valence-electron chi connectivity index (χ0n) is 18.5. The van der Waals surface area contributed by atoms with Crippen LogP contribution < -0.4 is 10.2 Å². The van der Waals surface area contributed by atoms with E-state index in [0.29, 0.717) is 12.2 Å². The third-order valence-corrected chi connectivity index (χ3v) is 7.52. The molecule has 2 amide bonds. The van der Waals surface area contributed by atoms with Crippen molar-refractivity contribution >= 4 is 17.4 Å². The lowest BCUT2D eigenvalue weighted by atomic mass is 9.51. The summed E-state index contributed by atoms with van der Waals surface area (Å²) in [5.41, 5.74) is 4.58. The average molecular weight is 421 g/mol. The van der Waals surface area contributed by atoms with Crippen LogP contribution in [0.15, 0.2) is 36.7 Å². The number of rotatable bonds is 4. The number of carbonyl (C=O) groups excluding carboxylic acids is 1. The van der Waals surface area contributed by atoms with E-state index in [0.717, 1.165) is 50.8 Å². The van der Waals surface area contributed by atoms with Crippen molar-refractivity contribution < 1.29 is 9.90 Å². The predicted octanol–water partition coefficient (Wildman–Crippen LogP) is 3.73. The zero-order valence-corrected chi connectivity index (χ0v) is 18.5. The van der Waals surface area contributed by atoms with E-state index >= 15 is 0 Å². The van der Waals surface area contributed by atoms with Crippen molar-refractivity contribution in [3.8, 4) is 0 Å². The molecule has 1 atom stereocenters. The van der Waals surface area contributed by atoms with Crippen LogP contribution in [0, 0.1) is 0 Å². The Balaban J connectivity index is 1.48. The molecule has 3 aliphatic rings. The number of likely N-dealkylation sites (N-methyl/N-ethyl adjacent to an activating group) is 1. The van der Waals surface area contributed by atoms with E-state index in [1.807, 2.05) is 17.0 Å². The largest absolute Gasteiger partial charge is 0.389 e. The molecule has 2 aromatic rings. The molecule has 1 aliphatic heterocycles. The minimum Gasteiger partial charge on any atom is -0.389 e. The molecule has 2 aliphatic carbocycles. The highest BCUT2D eigenvalue weighted by Gasteiger charge is 2.57. The van der Waals surface area contributed by atoms with Gasteiger partial charge in [-0.25, -0.2) is 4.79 Å². The van der Waals surface area contributed by atoms with Gasteiger partial charge in [0.2, 0.25) is 0 Å². The summed E-state index contributed by atoms with van der Waals surface area (Å²) >= 11 is 0. The van der Waals surface area contributed by atoms with Crippen molar-refractivity contribution in [3.05, 3.63) is 53.3 Å². The molecular formula is C25H32N4O2. The second-order valence-corrected chi connectivity index (χ2v) is 9.80. The molecule has 5 rings (SSSR count). The molecule has 1 fully saturated rings. The van der Waals surface area contributed by atoms with Gasteiger partial charge in [-0.1, -0.05) is 25.3 Å². The highest BCUT2D eigenvalue weighted by atomic mass is 16.3. The number of fused-ring (bicyclic) bond motifs is 2. The Hall–Kier alpha value is -2.44. The molecule has 1 saturated carbocycles. The van der Waals surface area contributed by atoms with Crippen molar-refractivity contribution in [3.63, 3.8) is 0 Å². The summed E-state index contributed by atoms with van der Waals surface area (Å²) in [6, 6.07) is 8.03. The average Bonchev–Trinajstić information content (AvgIpc) is 3.15. The van der Waals surface area contributed by atoms with Gasteiger partial charge in [-0.2, -0.15) is 0 Å². The van der Waals surface area contributed by atoms with Crippen LogP contribution in [0.3, 0.4) is 0 Å². The second-order valence-electron chi connectivity index (χ2n) is 9.80. The number of hydrogen-bond acceptors (Lipinski definition) is 4. The van der Waals surface area contributed by atoms with E-state index in [2.05, 4.69) is 41.4 Å². The number of hydrogen-bond donors (Lipinski definition) is 2. The third-order valence-electron chi connectivity index (χ3n) is 7.52. The highest BCUT2D eigenvalue weighted by molar-refractivity contribution is 6.03. The fourth-order valence-electron chi connectivity index (χ4n) is 6.09. The van der Waals surface area contributed by atoms with E-state index in [-0.39, 0.29) is 11.4 Å². The number of aromatic nitrogens is 1. The number of benzene rings is 1. The summed E-state index contributed by atoms with van der Waals surface area (Å²) in [4.78, 5) is 21.2. The minimum atomic E-state index is -0.668. The topological polar surface area (TPSA) is 68.7 Å². The van der Waals surface area contributed by atoms with Gasteiger partial charge in [-0.15, -0.1) is 0 Å². The van der Waals surface area contributed by atoms with Crippen LogP contribution >= 0.6 is 0 Å². The van der Waals surface area contributed by atoms with Crippen molar-refractivity contribution in [1.29, 1.82) is 0 Å². The molecule has 31 heavy (non-hydrogen) atoms. The molecule has 1 aromatic heterocycles. The maximum absolute atomic E-state index is 13.0. The summed E-state index contributed by atoms with van der Waals surface area (Å²) in [5.74, 6) is 0. The van der Waals surface area contributed by atoms with Crippen LogP contribution in [0.4, 0.5) is 16.2 Å². The van der Waals surface area contributed by atoms with E-state index < -0.39 is 5.60 Å². The zero-order chi connectivity index (χ0) is 21.6. The molecule has 1 aromatic carbocycles. The van der Waals surface area contributed by atoms with Gasteiger partial charge in [0.05, 0.1) is 17.5 Å². The van der Waals surface area contributed by atoms with Crippen LogP contribution in [0.1, 0.15) is 48.8 Å². The van der Waals surface area contributed by atoms with Gasteiger partial charge in [-0.05, 0) is 74.7 Å². The van der Waals surface area contributed by atoms with Crippen molar-refractivity contribution in [2.75, 3.05) is 37.4 Å². The molecule has 0 spiro atoms. The first kappa shape index (κ1) is 20.5. The quantitative estimate of drug-likeness (QED) is 0.791. The van der Waals surface area contributed by atoms with Crippen molar-refractivity contribution in [1.82, 2.24) is 9.88 Å². The van der Waals surface area contributed by atoms with Crippen LogP contribution in [0.5, 0.6) is 0 Å². The predicted molar refractivity (Wildman–Crippen MR) is 123 cm³/mol. The molecule has 2 N–H and O–H groups in total. The van der Waals surface area contributed by atoms with Crippen LogP contribution in [0.2, 0.25) is 0 Å². The summed E-state index contributed by atoms with van der Waals surface area (Å²) in [7, 11) is 4.18. The standard InChI is InChI=1S/C25H32N4O2/c1-28(2)17-24(25(31)9-4-3-5-10-25)15-19-13-18-8-12-29(22(18)14-21(19)24)23(30)27-20-7-6-11-26-16-20/h6-7,11,13-14,16,31H,3-5,8-10,12,15,17H2,1-2H3,(H,27,30). The van der Waals surface area contributed by atoms with Gasteiger partial charge in [0.25, 0.3) is 0 Å².